The van der Waals surface area contributed by atoms with Gasteiger partial charge in [-0.15, -0.1) is 0 Å². The average molecular weight is 990 g/mol. The van der Waals surface area contributed by atoms with Crippen LogP contribution >= 0.6 is 8.53 Å². The van der Waals surface area contributed by atoms with Crippen LogP contribution < -0.4 is 10.1 Å². The first-order valence-electron chi connectivity index (χ1n) is 21.9. The van der Waals surface area contributed by atoms with Crippen LogP contribution in [-0.4, -0.2) is 107 Å². The van der Waals surface area contributed by atoms with E-state index in [9.17, 15) is 36.4 Å². The number of rotatable bonds is 22. The summed E-state index contributed by atoms with van der Waals surface area (Å²) in [5, 5.41) is 12.1. The minimum atomic E-state index is -5.67. The van der Waals surface area contributed by atoms with Crippen molar-refractivity contribution in [3.8, 4) is 11.8 Å². The van der Waals surface area contributed by atoms with Gasteiger partial charge in [0.05, 0.1) is 45.7 Å². The van der Waals surface area contributed by atoms with Crippen LogP contribution in [-0.2, 0) is 38.4 Å². The molecular weight excluding hydrogens is 936 g/mol. The zero-order chi connectivity index (χ0) is 50.1. The lowest BCUT2D eigenvalue weighted by Gasteiger charge is -2.39. The molecule has 1 N–H and O–H groups in total. The number of nitrogens with one attached hydrogen (secondary N) is 1. The van der Waals surface area contributed by atoms with E-state index in [1.54, 1.807) is 19.2 Å². The standard InChI is InChI=1S/C47H54F6N7O8P/c1-29(2)60(30(3)4)69(66-23-11-22-54)68-40-37(24-65-45(33-12-9-8-10-13-33,34-16-14-31(5)15-17-34)35-18-20-36(62-7)21-19-35)67-44(41(40)64-28-63-25-38(46(48,49)50)47(51,52)53)59-27-57-39-42(58-32(6)61)55-26-56-43(39)59/h8-10,12-21,26-27,29-30,37-38,40-41,44H,11,23-25,28H2,1-7H3,(H,55,56,58,61)/t37-,40+,41?,44-,45?,69?/m1/s1. The predicted octanol–water partition coefficient (Wildman–Crippen LogP) is 9.77. The van der Waals surface area contributed by atoms with Gasteiger partial charge in [-0.2, -0.15) is 31.6 Å². The Labute approximate surface area is 396 Å². The number of aromatic nitrogens is 4. The number of methoxy groups -OCH3 is 1. The van der Waals surface area contributed by atoms with Crippen LogP contribution in [0.15, 0.2) is 91.5 Å². The molecule has 69 heavy (non-hydrogen) atoms. The summed E-state index contributed by atoms with van der Waals surface area (Å²) < 4.78 is 130. The molecule has 1 amide bonds. The molecule has 0 spiro atoms. The molecule has 0 saturated carbocycles. The van der Waals surface area contributed by atoms with Crippen molar-refractivity contribution in [1.82, 2.24) is 24.2 Å². The number of anilines is 1. The molecule has 372 valence electrons. The normalized spacial score (nSPS) is 19.1. The van der Waals surface area contributed by atoms with E-state index < -0.39 is 76.2 Å². The molecule has 6 rings (SSSR count). The molecule has 0 bridgehead atoms. The molecule has 22 heteroatoms. The number of imidazole rings is 1. The van der Waals surface area contributed by atoms with Crippen molar-refractivity contribution < 1.29 is 63.9 Å². The molecule has 1 aliphatic rings. The lowest BCUT2D eigenvalue weighted by atomic mass is 9.79. The monoisotopic (exact) mass is 989 g/mol. The maximum absolute atomic E-state index is 13.7. The Balaban J connectivity index is 1.52. The third-order valence-corrected chi connectivity index (χ3v) is 13.2. The molecule has 6 atom stereocenters. The largest absolute Gasteiger partial charge is 0.497 e. The lowest BCUT2D eigenvalue weighted by molar-refractivity contribution is -0.299. The molecule has 0 aliphatic carbocycles. The first-order valence-corrected chi connectivity index (χ1v) is 23.0. The minimum Gasteiger partial charge on any atom is -0.497 e. The number of benzene rings is 3. The molecule has 3 heterocycles. The highest BCUT2D eigenvalue weighted by Crippen LogP contribution is 2.52. The van der Waals surface area contributed by atoms with Crippen LogP contribution in [0, 0.1) is 24.2 Å². The molecule has 15 nitrogen and oxygen atoms in total. The summed E-state index contributed by atoms with van der Waals surface area (Å²) >= 11 is 0. The minimum absolute atomic E-state index is 0.00866. The van der Waals surface area contributed by atoms with Crippen molar-refractivity contribution >= 4 is 31.4 Å². The number of halogens is 6. The second-order valence-electron chi connectivity index (χ2n) is 16.6. The molecule has 2 aromatic heterocycles. The van der Waals surface area contributed by atoms with Gasteiger partial charge in [-0.05, 0) is 63.4 Å². The Morgan fingerprint density at radius 1 is 0.899 bits per heavy atom. The molecule has 1 saturated heterocycles. The van der Waals surface area contributed by atoms with Gasteiger partial charge in [-0.3, -0.25) is 9.36 Å². The maximum Gasteiger partial charge on any atom is 0.402 e. The van der Waals surface area contributed by atoms with Gasteiger partial charge in [0.25, 0.3) is 8.53 Å². The number of carbonyl (C=O) groups is 1. The van der Waals surface area contributed by atoms with E-state index >= 15 is 0 Å². The summed E-state index contributed by atoms with van der Waals surface area (Å²) in [4.78, 5) is 25.2. The third-order valence-electron chi connectivity index (χ3n) is 11.1. The fourth-order valence-electron chi connectivity index (χ4n) is 7.98. The number of ether oxygens (including phenoxy) is 5. The Morgan fingerprint density at radius 3 is 2.10 bits per heavy atom. The van der Waals surface area contributed by atoms with E-state index in [-0.39, 0.29) is 48.7 Å². The number of carbonyl (C=O) groups excluding carboxylic acids is 1. The number of amides is 1. The SMILES string of the molecule is COc1ccc(C(OC[C@H]2O[C@@H](n3cnc4c(NC(C)=O)ncnc43)C(OCOCC(C(F)(F)F)C(F)(F)F)[C@H]2OP(OCCC#N)N(C(C)C)C(C)C)(c2ccccc2)c2ccc(C)cc2)cc1. The van der Waals surface area contributed by atoms with Crippen LogP contribution in [0.3, 0.4) is 0 Å². The van der Waals surface area contributed by atoms with Crippen molar-refractivity contribution in [3.05, 3.63) is 114 Å². The van der Waals surface area contributed by atoms with Gasteiger partial charge in [0.1, 0.15) is 42.8 Å². The summed E-state index contributed by atoms with van der Waals surface area (Å²) in [7, 11) is -0.579. The molecule has 1 fully saturated rings. The van der Waals surface area contributed by atoms with Crippen molar-refractivity contribution in [2.24, 2.45) is 5.92 Å². The predicted molar refractivity (Wildman–Crippen MR) is 241 cm³/mol. The first kappa shape index (κ1) is 53.1. The topological polar surface area (TPSA) is 164 Å². The van der Waals surface area contributed by atoms with E-state index in [0.29, 0.717) is 16.9 Å². The van der Waals surface area contributed by atoms with Crippen molar-refractivity contribution in [2.45, 2.75) is 103 Å². The van der Waals surface area contributed by atoms with E-state index in [2.05, 4.69) is 26.3 Å². The van der Waals surface area contributed by atoms with Crippen LogP contribution in [0.2, 0.25) is 0 Å². The van der Waals surface area contributed by atoms with Gasteiger partial charge in [0, 0.05) is 19.0 Å². The Hall–Kier alpha value is -5.30. The highest BCUT2D eigenvalue weighted by Gasteiger charge is 2.57. The average Bonchev–Trinajstić information content (AvgIpc) is 3.87. The molecule has 5 aromatic rings. The van der Waals surface area contributed by atoms with Crippen LogP contribution in [0.25, 0.3) is 11.2 Å². The number of hydrogen-bond acceptors (Lipinski definition) is 13. The molecule has 3 unspecified atom stereocenters. The Kier molecular flexibility index (Phi) is 17.7. The maximum atomic E-state index is 13.7. The second kappa shape index (κ2) is 23.1. The fraction of sp³-hybridized carbons (Fsp3) is 0.468. The van der Waals surface area contributed by atoms with Crippen LogP contribution in [0.5, 0.6) is 5.75 Å². The highest BCUT2D eigenvalue weighted by atomic mass is 31.2. The number of nitrogens with zero attached hydrogens (tertiary/aromatic N) is 6. The summed E-state index contributed by atoms with van der Waals surface area (Å²) in [5.74, 6) is -3.63. The summed E-state index contributed by atoms with van der Waals surface area (Å²) in [5.41, 5.74) is 1.96. The van der Waals surface area contributed by atoms with Crippen molar-refractivity contribution in [3.63, 3.8) is 0 Å². The number of alkyl halides is 6. The summed E-state index contributed by atoms with van der Waals surface area (Å²) in [6.07, 6.45) is -14.1. The Bertz CT molecular complexity index is 2460. The number of aryl methyl sites for hydroxylation is 1. The van der Waals surface area contributed by atoms with E-state index in [1.807, 2.05) is 106 Å². The number of nitriles is 1. The zero-order valence-corrected chi connectivity index (χ0v) is 39.8. The molecule has 3 aromatic carbocycles. The van der Waals surface area contributed by atoms with Crippen molar-refractivity contribution in [1.29, 1.82) is 5.26 Å². The second-order valence-corrected chi connectivity index (χ2v) is 18.0. The van der Waals surface area contributed by atoms with E-state index in [1.165, 1.54) is 24.1 Å². The zero-order valence-electron chi connectivity index (χ0n) is 38.9. The van der Waals surface area contributed by atoms with Gasteiger partial charge in [-0.1, -0.05) is 72.3 Å². The Morgan fingerprint density at radius 2 is 1.52 bits per heavy atom. The molecule has 0 radical (unpaired) electrons. The quantitative estimate of drug-likeness (QED) is 0.0229. The van der Waals surface area contributed by atoms with Crippen molar-refractivity contribution in [2.75, 3.05) is 39.0 Å². The summed E-state index contributed by atoms with van der Waals surface area (Å²) in [6, 6.07) is 26.1. The van der Waals surface area contributed by atoms with Crippen LogP contribution in [0.1, 0.15) is 69.5 Å². The lowest BCUT2D eigenvalue weighted by Crippen LogP contribution is -2.43. The van der Waals surface area contributed by atoms with Crippen LogP contribution in [0.4, 0.5) is 32.2 Å². The molecular formula is C47H54F6N7O8P. The number of fused-ring (bicyclic) bond motifs is 1. The third kappa shape index (κ3) is 12.5. The first-order chi connectivity index (χ1) is 32.8. The van der Waals surface area contributed by atoms with E-state index in [4.69, 9.17) is 32.7 Å². The van der Waals surface area contributed by atoms with Gasteiger partial charge in [0.15, 0.2) is 29.1 Å². The highest BCUT2D eigenvalue weighted by molar-refractivity contribution is 7.44. The van der Waals surface area contributed by atoms with Gasteiger partial charge in [-0.25, -0.2) is 19.6 Å². The summed E-state index contributed by atoms with van der Waals surface area (Å²) in [6.45, 7) is 7.62. The molecule has 1 aliphatic heterocycles. The van der Waals surface area contributed by atoms with E-state index in [0.717, 1.165) is 11.1 Å². The number of hydrogen-bond donors (Lipinski definition) is 1. The van der Waals surface area contributed by atoms with Gasteiger partial charge < -0.3 is 38.0 Å². The van der Waals surface area contributed by atoms with Gasteiger partial charge >= 0.3 is 12.4 Å². The van der Waals surface area contributed by atoms with Gasteiger partial charge in [0.2, 0.25) is 5.91 Å². The fourth-order valence-corrected chi connectivity index (χ4v) is 9.75. The smallest absolute Gasteiger partial charge is 0.402 e.